The number of carbonyl (C=O) groups excluding carboxylic acids is 1. The van der Waals surface area contributed by atoms with Gasteiger partial charge in [0.25, 0.3) is 0 Å². The van der Waals surface area contributed by atoms with Crippen LogP contribution in [0.25, 0.3) is 10.8 Å². The number of halogens is 1. The van der Waals surface area contributed by atoms with Gasteiger partial charge >= 0.3 is 0 Å². The van der Waals surface area contributed by atoms with Crippen molar-refractivity contribution in [2.75, 3.05) is 5.33 Å². The average Bonchev–Trinajstić information content (AvgIpc) is 2.60. The average molecular weight is 239 g/mol. The highest BCUT2D eigenvalue weighted by molar-refractivity contribution is 9.09. The van der Waals surface area contributed by atoms with Crippen molar-refractivity contribution < 1.29 is 9.21 Å². The zero-order valence-electron chi connectivity index (χ0n) is 6.79. The van der Waals surface area contributed by atoms with Crippen LogP contribution in [0.3, 0.4) is 0 Å². The monoisotopic (exact) mass is 238 g/mol. The van der Waals surface area contributed by atoms with E-state index in [0.717, 1.165) is 10.8 Å². The molecule has 1 heterocycles. The van der Waals surface area contributed by atoms with Crippen molar-refractivity contribution in [2.45, 2.75) is 0 Å². The zero-order valence-corrected chi connectivity index (χ0v) is 8.37. The molecule has 0 radical (unpaired) electrons. The van der Waals surface area contributed by atoms with Gasteiger partial charge in [-0.2, -0.15) is 0 Å². The highest BCUT2D eigenvalue weighted by Crippen LogP contribution is 2.21. The van der Waals surface area contributed by atoms with Gasteiger partial charge in [-0.15, -0.1) is 0 Å². The Labute approximate surface area is 83.7 Å². The first kappa shape index (κ1) is 8.51. The summed E-state index contributed by atoms with van der Waals surface area (Å²) in [5, 5.41) is 2.14. The van der Waals surface area contributed by atoms with E-state index in [1.165, 1.54) is 0 Å². The minimum Gasteiger partial charge on any atom is -0.460 e. The summed E-state index contributed by atoms with van der Waals surface area (Å²) >= 11 is 3.11. The molecule has 0 spiro atoms. The van der Waals surface area contributed by atoms with Crippen molar-refractivity contribution in [3.8, 4) is 0 Å². The van der Waals surface area contributed by atoms with E-state index in [1.807, 2.05) is 24.3 Å². The number of carbonyl (C=O) groups is 1. The van der Waals surface area contributed by atoms with E-state index in [0.29, 0.717) is 11.1 Å². The molecule has 0 N–H and O–H groups in total. The lowest BCUT2D eigenvalue weighted by Crippen LogP contribution is -1.97. The summed E-state index contributed by atoms with van der Waals surface area (Å²) < 4.78 is 5.19. The van der Waals surface area contributed by atoms with E-state index in [1.54, 1.807) is 6.26 Å². The summed E-state index contributed by atoms with van der Waals surface area (Å²) in [6, 6.07) is 7.61. The van der Waals surface area contributed by atoms with E-state index in [-0.39, 0.29) is 5.78 Å². The van der Waals surface area contributed by atoms with Crippen molar-refractivity contribution in [1.82, 2.24) is 0 Å². The maximum absolute atomic E-state index is 11.3. The molecule has 0 atom stereocenters. The molecule has 2 nitrogen and oxygen atoms in total. The van der Waals surface area contributed by atoms with Gasteiger partial charge in [0.2, 0.25) is 5.78 Å². The third-order valence-electron chi connectivity index (χ3n) is 1.88. The minimum absolute atomic E-state index is 0.0267. The van der Waals surface area contributed by atoms with Crippen LogP contribution in [0.2, 0.25) is 0 Å². The maximum atomic E-state index is 11.3. The first-order valence-electron chi connectivity index (χ1n) is 3.88. The van der Waals surface area contributed by atoms with Crippen LogP contribution in [0.1, 0.15) is 10.6 Å². The van der Waals surface area contributed by atoms with Crippen LogP contribution in [0.15, 0.2) is 34.9 Å². The number of alkyl halides is 1. The molecule has 0 aliphatic heterocycles. The SMILES string of the molecule is O=C(CBr)c1occ2ccccc12. The van der Waals surface area contributed by atoms with Crippen molar-refractivity contribution in [1.29, 1.82) is 0 Å². The Hall–Kier alpha value is -1.09. The van der Waals surface area contributed by atoms with Gasteiger partial charge in [0.1, 0.15) is 0 Å². The zero-order chi connectivity index (χ0) is 9.26. The third kappa shape index (κ3) is 1.40. The summed E-state index contributed by atoms with van der Waals surface area (Å²) in [6.07, 6.45) is 1.60. The van der Waals surface area contributed by atoms with E-state index < -0.39 is 0 Å². The summed E-state index contributed by atoms with van der Waals surface area (Å²) in [4.78, 5) is 11.3. The molecule has 13 heavy (non-hydrogen) atoms. The fourth-order valence-electron chi connectivity index (χ4n) is 1.27. The number of furan rings is 1. The number of ketones is 1. The number of hydrogen-bond donors (Lipinski definition) is 0. The summed E-state index contributed by atoms with van der Waals surface area (Å²) in [7, 11) is 0. The molecule has 0 fully saturated rings. The van der Waals surface area contributed by atoms with Crippen molar-refractivity contribution in [2.24, 2.45) is 0 Å². The molecule has 0 bridgehead atoms. The molecule has 0 aliphatic rings. The Morgan fingerprint density at radius 1 is 1.38 bits per heavy atom. The smallest absolute Gasteiger partial charge is 0.209 e. The minimum atomic E-state index is -0.0267. The summed E-state index contributed by atoms with van der Waals surface area (Å²) in [6.45, 7) is 0. The van der Waals surface area contributed by atoms with Gasteiger partial charge in [-0.1, -0.05) is 40.2 Å². The molecular weight excluding hydrogens is 232 g/mol. The largest absolute Gasteiger partial charge is 0.460 e. The van der Waals surface area contributed by atoms with E-state index in [9.17, 15) is 4.79 Å². The predicted octanol–water partition coefficient (Wildman–Crippen LogP) is 3.01. The number of rotatable bonds is 2. The molecule has 2 rings (SSSR count). The predicted molar refractivity (Wildman–Crippen MR) is 54.3 cm³/mol. The fraction of sp³-hybridized carbons (Fsp3) is 0.100. The van der Waals surface area contributed by atoms with E-state index >= 15 is 0 Å². The second-order valence-electron chi connectivity index (χ2n) is 2.71. The molecule has 0 saturated heterocycles. The highest BCUT2D eigenvalue weighted by atomic mass is 79.9. The number of fused-ring (bicyclic) bond motifs is 1. The quantitative estimate of drug-likeness (QED) is 0.595. The van der Waals surface area contributed by atoms with Crippen LogP contribution in [0.4, 0.5) is 0 Å². The molecule has 0 saturated carbocycles. The molecule has 66 valence electrons. The van der Waals surface area contributed by atoms with Gasteiger partial charge in [-0.3, -0.25) is 4.79 Å². The Balaban J connectivity index is 2.64. The van der Waals surface area contributed by atoms with Gasteiger partial charge in [0.15, 0.2) is 5.76 Å². The van der Waals surface area contributed by atoms with Gasteiger partial charge in [-0.25, -0.2) is 0 Å². The normalized spacial score (nSPS) is 10.5. The number of hydrogen-bond acceptors (Lipinski definition) is 2. The van der Waals surface area contributed by atoms with Gasteiger partial charge in [0, 0.05) is 10.8 Å². The first-order chi connectivity index (χ1) is 6.33. The van der Waals surface area contributed by atoms with Gasteiger partial charge in [0.05, 0.1) is 11.6 Å². The van der Waals surface area contributed by atoms with Crippen LogP contribution in [0.5, 0.6) is 0 Å². The lowest BCUT2D eigenvalue weighted by molar-refractivity contribution is 0.0995. The Morgan fingerprint density at radius 3 is 2.92 bits per heavy atom. The molecule has 1 aromatic heterocycles. The second-order valence-corrected chi connectivity index (χ2v) is 3.27. The maximum Gasteiger partial charge on any atom is 0.209 e. The molecule has 0 unspecified atom stereocenters. The standard InChI is InChI=1S/C10H7BrO2/c11-5-9(12)10-8-4-2-1-3-7(8)6-13-10/h1-4,6H,5H2. The van der Waals surface area contributed by atoms with Crippen LogP contribution in [0, 0.1) is 0 Å². The van der Waals surface area contributed by atoms with Gasteiger partial charge in [-0.05, 0) is 0 Å². The lowest BCUT2D eigenvalue weighted by atomic mass is 10.1. The molecule has 2 aromatic rings. The number of benzene rings is 1. The van der Waals surface area contributed by atoms with Crippen LogP contribution < -0.4 is 0 Å². The third-order valence-corrected chi connectivity index (χ3v) is 2.39. The molecule has 3 heteroatoms. The molecule has 1 aromatic carbocycles. The molecular formula is C10H7BrO2. The summed E-state index contributed by atoms with van der Waals surface area (Å²) in [5.41, 5.74) is 0. The Bertz CT molecular complexity index is 445. The van der Waals surface area contributed by atoms with Gasteiger partial charge < -0.3 is 4.42 Å². The lowest BCUT2D eigenvalue weighted by Gasteiger charge is -1.91. The summed E-state index contributed by atoms with van der Waals surface area (Å²) in [5.74, 6) is 0.411. The molecule has 0 aliphatic carbocycles. The Morgan fingerprint density at radius 2 is 2.15 bits per heavy atom. The van der Waals surface area contributed by atoms with Crippen molar-refractivity contribution in [3.05, 3.63) is 36.3 Å². The first-order valence-corrected chi connectivity index (χ1v) is 5.00. The van der Waals surface area contributed by atoms with Crippen LogP contribution >= 0.6 is 15.9 Å². The van der Waals surface area contributed by atoms with Crippen molar-refractivity contribution >= 4 is 32.5 Å². The van der Waals surface area contributed by atoms with E-state index in [2.05, 4.69) is 15.9 Å². The van der Waals surface area contributed by atoms with Crippen LogP contribution in [-0.4, -0.2) is 11.1 Å². The highest BCUT2D eigenvalue weighted by Gasteiger charge is 2.12. The van der Waals surface area contributed by atoms with Crippen LogP contribution in [-0.2, 0) is 0 Å². The van der Waals surface area contributed by atoms with E-state index in [4.69, 9.17) is 4.42 Å². The molecule has 0 amide bonds. The fourth-order valence-corrected chi connectivity index (χ4v) is 1.52. The Kier molecular flexibility index (Phi) is 2.19. The number of Topliss-reactive ketones (excluding diaryl/α,β-unsaturated/α-hetero) is 1. The van der Waals surface area contributed by atoms with Crippen molar-refractivity contribution in [3.63, 3.8) is 0 Å². The second kappa shape index (κ2) is 3.34. The topological polar surface area (TPSA) is 30.2 Å².